The Bertz CT molecular complexity index is 636. The van der Waals surface area contributed by atoms with Crippen LogP contribution in [0.4, 0.5) is 0 Å². The number of nitrogens with one attached hydrogen (secondary N) is 2. The summed E-state index contributed by atoms with van der Waals surface area (Å²) in [4.78, 5) is 11.5. The molecule has 2 N–H and O–H groups in total. The molecule has 6 heteroatoms. The number of nitrogens with zero attached hydrogens (tertiary/aromatic N) is 2. The Morgan fingerprint density at radius 3 is 2.76 bits per heavy atom. The number of aromatic nitrogens is 2. The molecule has 1 amide bonds. The first-order chi connectivity index (χ1) is 10.0. The second kappa shape index (κ2) is 6.87. The van der Waals surface area contributed by atoms with Gasteiger partial charge in [-0.25, -0.2) is 4.68 Å². The zero-order valence-corrected chi connectivity index (χ0v) is 13.9. The average molecular weight is 351 g/mol. The first kappa shape index (κ1) is 15.7. The Kier molecular flexibility index (Phi) is 5.14. The molecule has 0 bridgehead atoms. The van der Waals surface area contributed by atoms with Gasteiger partial charge in [0.2, 0.25) is 0 Å². The third kappa shape index (κ3) is 3.92. The Morgan fingerprint density at radius 1 is 1.38 bits per heavy atom. The van der Waals surface area contributed by atoms with Gasteiger partial charge in [-0.15, -0.1) is 0 Å². The minimum absolute atomic E-state index is 0.192. The quantitative estimate of drug-likeness (QED) is 0.870. The Labute approximate surface area is 132 Å². The van der Waals surface area contributed by atoms with E-state index >= 15 is 0 Å². The molecule has 0 radical (unpaired) electrons. The van der Waals surface area contributed by atoms with Gasteiger partial charge in [-0.2, -0.15) is 5.10 Å². The fraction of sp³-hybridized carbons (Fsp3) is 0.333. The van der Waals surface area contributed by atoms with E-state index < -0.39 is 0 Å². The van der Waals surface area contributed by atoms with Crippen molar-refractivity contribution in [1.82, 2.24) is 20.4 Å². The van der Waals surface area contributed by atoms with Crippen molar-refractivity contribution in [2.24, 2.45) is 0 Å². The molecule has 112 valence electrons. The summed E-state index contributed by atoms with van der Waals surface area (Å²) in [6.07, 6.45) is 1.77. The maximum atomic E-state index is 11.5. The highest BCUT2D eigenvalue weighted by Gasteiger charge is 2.10. The molecule has 2 aromatic rings. The maximum absolute atomic E-state index is 11.5. The first-order valence-corrected chi connectivity index (χ1v) is 7.60. The number of halogens is 1. The van der Waals surface area contributed by atoms with Gasteiger partial charge in [-0.1, -0.05) is 19.9 Å². The SMILES string of the molecule is CNC(=O)c1ccn(-c2ccc(CNC(C)C)cc2Br)n1. The molecule has 21 heavy (non-hydrogen) atoms. The van der Waals surface area contributed by atoms with Gasteiger partial charge in [0, 0.05) is 30.3 Å². The number of rotatable bonds is 5. The molecule has 0 saturated carbocycles. The largest absolute Gasteiger partial charge is 0.354 e. The first-order valence-electron chi connectivity index (χ1n) is 6.81. The van der Waals surface area contributed by atoms with Gasteiger partial charge in [0.25, 0.3) is 5.91 Å². The predicted octanol–water partition coefficient (Wildman–Crippen LogP) is 2.49. The van der Waals surface area contributed by atoms with Crippen molar-refractivity contribution in [3.63, 3.8) is 0 Å². The third-order valence-corrected chi connectivity index (χ3v) is 3.66. The normalized spacial score (nSPS) is 10.9. The van der Waals surface area contributed by atoms with Crippen molar-refractivity contribution >= 4 is 21.8 Å². The minimum Gasteiger partial charge on any atom is -0.354 e. The number of hydrogen-bond acceptors (Lipinski definition) is 3. The third-order valence-electron chi connectivity index (χ3n) is 3.02. The molecule has 0 saturated heterocycles. The molecule has 5 nitrogen and oxygen atoms in total. The van der Waals surface area contributed by atoms with Gasteiger partial charge < -0.3 is 10.6 Å². The Hall–Kier alpha value is -1.66. The number of hydrogen-bond donors (Lipinski definition) is 2. The molecule has 0 spiro atoms. The number of carbonyl (C=O) groups excluding carboxylic acids is 1. The van der Waals surface area contributed by atoms with Crippen LogP contribution in [0.2, 0.25) is 0 Å². The van der Waals surface area contributed by atoms with E-state index in [1.54, 1.807) is 24.0 Å². The van der Waals surface area contributed by atoms with E-state index in [2.05, 4.69) is 57.6 Å². The van der Waals surface area contributed by atoms with E-state index in [0.29, 0.717) is 11.7 Å². The summed E-state index contributed by atoms with van der Waals surface area (Å²) in [7, 11) is 1.59. The average Bonchev–Trinajstić information content (AvgIpc) is 2.94. The number of benzene rings is 1. The van der Waals surface area contributed by atoms with Crippen LogP contribution < -0.4 is 10.6 Å². The van der Waals surface area contributed by atoms with Crippen molar-refractivity contribution in [3.05, 3.63) is 46.2 Å². The summed E-state index contributed by atoms with van der Waals surface area (Å²) in [5.74, 6) is -0.192. The molecular formula is C15H19BrN4O. The van der Waals surface area contributed by atoms with Gasteiger partial charge in [0.15, 0.2) is 5.69 Å². The smallest absolute Gasteiger partial charge is 0.271 e. The van der Waals surface area contributed by atoms with E-state index in [-0.39, 0.29) is 5.91 Å². The molecule has 0 unspecified atom stereocenters. The van der Waals surface area contributed by atoms with Crippen molar-refractivity contribution in [2.45, 2.75) is 26.4 Å². The van der Waals surface area contributed by atoms with E-state index in [9.17, 15) is 4.79 Å². The maximum Gasteiger partial charge on any atom is 0.271 e. The van der Waals surface area contributed by atoms with Crippen LogP contribution in [-0.2, 0) is 6.54 Å². The molecule has 0 atom stereocenters. The van der Waals surface area contributed by atoms with Crippen molar-refractivity contribution in [1.29, 1.82) is 0 Å². The molecule has 2 rings (SSSR count). The van der Waals surface area contributed by atoms with Crippen molar-refractivity contribution in [2.75, 3.05) is 7.05 Å². The second-order valence-corrected chi connectivity index (χ2v) is 5.90. The van der Waals surface area contributed by atoms with Crippen LogP contribution in [0.25, 0.3) is 5.69 Å². The van der Waals surface area contributed by atoms with Gasteiger partial charge in [0.05, 0.1) is 5.69 Å². The molecule has 0 aliphatic heterocycles. The van der Waals surface area contributed by atoms with Gasteiger partial charge in [0.1, 0.15) is 0 Å². The summed E-state index contributed by atoms with van der Waals surface area (Å²) in [6, 6.07) is 8.24. The van der Waals surface area contributed by atoms with Gasteiger partial charge in [-0.05, 0) is 39.7 Å². The van der Waals surface area contributed by atoms with E-state index in [1.165, 1.54) is 5.56 Å². The van der Waals surface area contributed by atoms with E-state index in [0.717, 1.165) is 16.7 Å². The molecule has 1 aromatic carbocycles. The summed E-state index contributed by atoms with van der Waals surface area (Å²) in [5, 5.41) is 10.2. The lowest BCUT2D eigenvalue weighted by Gasteiger charge is -2.10. The zero-order chi connectivity index (χ0) is 15.4. The van der Waals surface area contributed by atoms with Crippen LogP contribution in [0.1, 0.15) is 29.9 Å². The lowest BCUT2D eigenvalue weighted by molar-refractivity contribution is 0.0957. The summed E-state index contributed by atoms with van der Waals surface area (Å²) in [6.45, 7) is 5.06. The van der Waals surface area contributed by atoms with Crippen LogP contribution in [0.15, 0.2) is 34.9 Å². The summed E-state index contributed by atoms with van der Waals surface area (Å²) >= 11 is 3.57. The van der Waals surface area contributed by atoms with Crippen LogP contribution in [0.3, 0.4) is 0 Å². The van der Waals surface area contributed by atoms with Crippen molar-refractivity contribution in [3.8, 4) is 5.69 Å². The molecule has 0 aliphatic rings. The minimum atomic E-state index is -0.192. The number of carbonyl (C=O) groups is 1. The Morgan fingerprint density at radius 2 is 2.14 bits per heavy atom. The standard InChI is InChI=1S/C15H19BrN4O/c1-10(2)18-9-11-4-5-14(12(16)8-11)20-7-6-13(19-20)15(21)17-3/h4-8,10,18H,9H2,1-3H3,(H,17,21). The topological polar surface area (TPSA) is 59.0 Å². The lowest BCUT2D eigenvalue weighted by Crippen LogP contribution is -2.21. The van der Waals surface area contributed by atoms with E-state index in [1.807, 2.05) is 6.07 Å². The fourth-order valence-corrected chi connectivity index (χ4v) is 2.48. The van der Waals surface area contributed by atoms with Crippen LogP contribution in [0.5, 0.6) is 0 Å². The summed E-state index contributed by atoms with van der Waals surface area (Å²) < 4.78 is 2.63. The van der Waals surface area contributed by atoms with Crippen molar-refractivity contribution < 1.29 is 4.79 Å². The second-order valence-electron chi connectivity index (χ2n) is 5.05. The van der Waals surface area contributed by atoms with Crippen LogP contribution in [0, 0.1) is 0 Å². The monoisotopic (exact) mass is 350 g/mol. The van der Waals surface area contributed by atoms with Gasteiger partial charge >= 0.3 is 0 Å². The Balaban J connectivity index is 2.20. The van der Waals surface area contributed by atoms with Gasteiger partial charge in [-0.3, -0.25) is 4.79 Å². The highest BCUT2D eigenvalue weighted by Crippen LogP contribution is 2.22. The molecular weight excluding hydrogens is 332 g/mol. The zero-order valence-electron chi connectivity index (χ0n) is 12.4. The highest BCUT2D eigenvalue weighted by molar-refractivity contribution is 9.10. The van der Waals surface area contributed by atoms with Crippen LogP contribution >= 0.6 is 15.9 Å². The highest BCUT2D eigenvalue weighted by atomic mass is 79.9. The molecule has 1 aromatic heterocycles. The van der Waals surface area contributed by atoms with E-state index in [4.69, 9.17) is 0 Å². The summed E-state index contributed by atoms with van der Waals surface area (Å²) in [5.41, 5.74) is 2.49. The number of amides is 1. The lowest BCUT2D eigenvalue weighted by atomic mass is 10.2. The molecule has 1 heterocycles. The fourth-order valence-electron chi connectivity index (χ4n) is 1.88. The predicted molar refractivity (Wildman–Crippen MR) is 86.6 cm³/mol. The molecule has 0 fully saturated rings. The van der Waals surface area contributed by atoms with Crippen LogP contribution in [-0.4, -0.2) is 28.8 Å². The molecule has 0 aliphatic carbocycles.